The van der Waals surface area contributed by atoms with Gasteiger partial charge in [0, 0.05) is 94.7 Å². The molecule has 6 aromatic heterocycles. The van der Waals surface area contributed by atoms with Crippen molar-refractivity contribution in [3.05, 3.63) is 181 Å². The maximum Gasteiger partial charge on any atom is 0.335 e. The first-order valence-electron chi connectivity index (χ1n) is 26.8. The zero-order valence-electron chi connectivity index (χ0n) is 45.8. The lowest BCUT2D eigenvalue weighted by Crippen LogP contribution is -2.10. The third-order valence-corrected chi connectivity index (χ3v) is 13.0. The molecule has 10 N–H and O–H groups in total. The molecule has 0 aliphatic heterocycles. The summed E-state index contributed by atoms with van der Waals surface area (Å²) in [7, 11) is 1.63. The molecule has 6 heterocycles. The third kappa shape index (κ3) is 13.6. The van der Waals surface area contributed by atoms with E-state index in [-0.39, 0.29) is 23.3 Å². The first-order chi connectivity index (χ1) is 41.5. The van der Waals surface area contributed by atoms with Crippen molar-refractivity contribution >= 4 is 136 Å². The molecule has 0 fully saturated rings. The smallest absolute Gasteiger partial charge is 0.335 e. The number of aliphatic hydroxyl groups is 1. The maximum absolute atomic E-state index is 11.4. The lowest BCUT2D eigenvalue weighted by Gasteiger charge is -2.12. The Bertz CT molecular complexity index is 4210. The van der Waals surface area contributed by atoms with Gasteiger partial charge in [-0.25, -0.2) is 59.2 Å². The Balaban J connectivity index is 0.000000142. The van der Waals surface area contributed by atoms with E-state index in [2.05, 4.69) is 83.7 Å². The summed E-state index contributed by atoms with van der Waals surface area (Å²) >= 11 is 0. The minimum atomic E-state index is -1.01. The van der Waals surface area contributed by atoms with Crippen molar-refractivity contribution < 1.29 is 39.5 Å². The van der Waals surface area contributed by atoms with Gasteiger partial charge < -0.3 is 57.1 Å². The molecule has 0 spiro atoms. The molecule has 6 aromatic carbocycles. The number of ether oxygens (including phenoxy) is 1. The highest BCUT2D eigenvalue weighted by Gasteiger charge is 2.18. The van der Waals surface area contributed by atoms with E-state index in [1.807, 2.05) is 91.0 Å². The van der Waals surface area contributed by atoms with Gasteiger partial charge in [0.2, 0.25) is 17.8 Å². The van der Waals surface area contributed by atoms with E-state index in [4.69, 9.17) is 9.84 Å². The van der Waals surface area contributed by atoms with Crippen LogP contribution < -0.4 is 31.9 Å². The van der Waals surface area contributed by atoms with Crippen molar-refractivity contribution in [2.45, 2.75) is 13.3 Å². The fourth-order valence-electron chi connectivity index (χ4n) is 8.91. The second-order valence-electron chi connectivity index (χ2n) is 18.8. The zero-order valence-corrected chi connectivity index (χ0v) is 45.8. The first kappa shape index (κ1) is 57.0. The molecule has 0 bridgehead atoms. The number of para-hydroxylation sites is 3. The minimum Gasteiger partial charge on any atom is -0.478 e. The third-order valence-electron chi connectivity index (χ3n) is 13.0. The molecule has 12 aromatic rings. The van der Waals surface area contributed by atoms with Crippen LogP contribution >= 0.6 is 0 Å². The number of anilines is 9. The molecule has 85 heavy (non-hydrogen) atoms. The normalized spacial score (nSPS) is 10.9. The molecule has 0 unspecified atom stereocenters. The lowest BCUT2D eigenvalue weighted by atomic mass is 10.1. The van der Waals surface area contributed by atoms with E-state index in [0.717, 1.165) is 62.3 Å². The summed E-state index contributed by atoms with van der Waals surface area (Å²) in [6, 6.07) is 43.3. The Morgan fingerprint density at radius 1 is 0.424 bits per heavy atom. The molecule has 23 nitrogen and oxygen atoms in total. The van der Waals surface area contributed by atoms with Crippen LogP contribution in [0.4, 0.5) is 52.4 Å². The van der Waals surface area contributed by atoms with Crippen molar-refractivity contribution in [1.29, 1.82) is 0 Å². The number of benzene rings is 6. The Hall–Kier alpha value is -11.3. The lowest BCUT2D eigenvalue weighted by molar-refractivity contribution is 0.0686. The van der Waals surface area contributed by atoms with Crippen LogP contribution in [0, 0.1) is 0 Å². The molecule has 0 aliphatic carbocycles. The summed E-state index contributed by atoms with van der Waals surface area (Å²) in [5.74, 6) is -0.0517. The number of hydrogen-bond donors (Lipinski definition) is 10. The summed E-state index contributed by atoms with van der Waals surface area (Å²) in [4.78, 5) is 74.9. The van der Waals surface area contributed by atoms with Crippen molar-refractivity contribution in [3.63, 3.8) is 0 Å². The van der Waals surface area contributed by atoms with Gasteiger partial charge in [0.1, 0.15) is 16.6 Å². The summed E-state index contributed by atoms with van der Waals surface area (Å²) in [6.07, 6.45) is 6.10. The van der Waals surface area contributed by atoms with Crippen molar-refractivity contribution in [2.24, 2.45) is 0 Å². The molecule has 0 saturated carbocycles. The summed E-state index contributed by atoms with van der Waals surface area (Å²) in [5.41, 5.74) is 6.63. The molecular formula is C62H55N15O8. The van der Waals surface area contributed by atoms with Crippen LogP contribution in [0.25, 0.3) is 65.4 Å². The number of aliphatic hydroxyl groups excluding tert-OH is 1. The van der Waals surface area contributed by atoms with E-state index in [1.54, 1.807) is 68.2 Å². The van der Waals surface area contributed by atoms with E-state index in [1.165, 1.54) is 12.1 Å². The fourth-order valence-corrected chi connectivity index (χ4v) is 8.91. The number of pyridine rings is 3. The van der Waals surface area contributed by atoms with Crippen LogP contribution in [0.15, 0.2) is 164 Å². The number of carbonyl (C=O) groups is 3. The Morgan fingerprint density at radius 2 is 0.753 bits per heavy atom. The number of nitrogens with one attached hydrogen (secondary N) is 6. The van der Waals surface area contributed by atoms with E-state index >= 15 is 0 Å². The van der Waals surface area contributed by atoms with Gasteiger partial charge in [0.15, 0.2) is 17.5 Å². The van der Waals surface area contributed by atoms with Crippen LogP contribution in [-0.2, 0) is 4.74 Å². The van der Waals surface area contributed by atoms with E-state index < -0.39 is 17.9 Å². The predicted molar refractivity (Wildman–Crippen MR) is 329 cm³/mol. The molecule has 0 amide bonds. The second kappa shape index (κ2) is 26.5. The Labute approximate surface area is 484 Å². The van der Waals surface area contributed by atoms with Crippen LogP contribution in [0.5, 0.6) is 0 Å². The summed E-state index contributed by atoms with van der Waals surface area (Å²) in [6.45, 7) is 4.25. The number of nitrogens with zero attached hydrogens (tertiary/aromatic N) is 9. The molecule has 23 heteroatoms. The Kier molecular flexibility index (Phi) is 17.8. The monoisotopic (exact) mass is 1140 g/mol. The molecule has 0 atom stereocenters. The predicted octanol–water partition coefficient (Wildman–Crippen LogP) is 11.1. The number of carboxylic acid groups (broad SMARTS) is 3. The van der Waals surface area contributed by atoms with Crippen LogP contribution in [-0.4, -0.2) is 123 Å². The molecular weight excluding hydrogens is 1080 g/mol. The van der Waals surface area contributed by atoms with Crippen molar-refractivity contribution in [2.75, 3.05) is 71.9 Å². The average Bonchev–Trinajstić information content (AvgIpc) is 2.35. The number of methoxy groups -OCH3 is 1. The SMILES string of the molecule is CCCNc1ncc2c(n1)c(Nc1ccccc1)nc1cc(C(=O)O)ccc12.COCCNc1ncc2c(n1)c(Nc1ccccc1)nc1cc(C(=O)O)ccc12.O=C(O)c1ccc2c(c1)nc(Nc1ccccc1)c1nc(NCCO)ncc12. The number of rotatable bonds is 19. The highest BCUT2D eigenvalue weighted by atomic mass is 16.5. The summed E-state index contributed by atoms with van der Waals surface area (Å²) in [5, 5.41) is 60.7. The van der Waals surface area contributed by atoms with Crippen LogP contribution in [0.1, 0.15) is 44.4 Å². The van der Waals surface area contributed by atoms with Crippen molar-refractivity contribution in [1.82, 2.24) is 44.9 Å². The van der Waals surface area contributed by atoms with Gasteiger partial charge in [-0.2, -0.15) is 0 Å². The number of aromatic carboxylic acids is 3. The largest absolute Gasteiger partial charge is 0.478 e. The quantitative estimate of drug-likeness (QED) is 0.0266. The summed E-state index contributed by atoms with van der Waals surface area (Å²) < 4.78 is 5.05. The standard InChI is InChI=1S/C21H19N5O3.C21H19N5O2.C20H17N5O3/c1-29-10-9-22-21-23-12-16-15-8-7-13(20(27)28)11-17(15)25-19(18(16)26-21)24-14-5-3-2-4-6-14;1-2-10-22-21-23-12-16-15-9-8-13(20(27)28)11-17(15)25-19(18(16)26-21)24-14-6-4-3-5-7-14;26-9-8-21-20-22-11-15-14-7-6-12(19(27)28)10-16(14)24-18(17(15)25-20)23-13-4-2-1-3-5-13/h2-8,11-12H,9-10H2,1H3,(H,24,25)(H,27,28)(H,22,23,26);3-9,11-12H,2,10H2,1H3,(H,24,25)(H,27,28)(H,22,23,26);1-7,10-11,26H,8-9H2,(H,23,24)(H,27,28)(H,21,22,25). The van der Waals surface area contributed by atoms with E-state index in [0.29, 0.717) is 88.1 Å². The maximum atomic E-state index is 11.4. The number of aromatic nitrogens is 9. The number of fused-ring (bicyclic) bond motifs is 9. The van der Waals surface area contributed by atoms with Gasteiger partial charge in [-0.15, -0.1) is 0 Å². The zero-order chi connectivity index (χ0) is 59.2. The van der Waals surface area contributed by atoms with Gasteiger partial charge in [0.05, 0.1) is 46.5 Å². The molecule has 0 radical (unpaired) electrons. The molecule has 0 saturated heterocycles. The van der Waals surface area contributed by atoms with Gasteiger partial charge in [-0.05, 0) is 79.2 Å². The van der Waals surface area contributed by atoms with Gasteiger partial charge in [0.25, 0.3) is 0 Å². The van der Waals surface area contributed by atoms with Crippen LogP contribution in [0.2, 0.25) is 0 Å². The fraction of sp³-hybridized carbons (Fsp3) is 0.129. The highest BCUT2D eigenvalue weighted by molar-refractivity contribution is 6.12. The van der Waals surface area contributed by atoms with Gasteiger partial charge in [-0.1, -0.05) is 79.7 Å². The van der Waals surface area contributed by atoms with Crippen molar-refractivity contribution in [3.8, 4) is 0 Å². The molecule has 12 rings (SSSR count). The van der Waals surface area contributed by atoms with Crippen LogP contribution in [0.3, 0.4) is 0 Å². The number of carboxylic acids is 3. The van der Waals surface area contributed by atoms with E-state index in [9.17, 15) is 29.7 Å². The van der Waals surface area contributed by atoms with Gasteiger partial charge in [-0.3, -0.25) is 0 Å². The highest BCUT2D eigenvalue weighted by Crippen LogP contribution is 2.34. The topological polar surface area (TPSA) is 330 Å². The minimum absolute atomic E-state index is 0.0372. The second-order valence-corrected chi connectivity index (χ2v) is 18.8. The molecule has 426 valence electrons. The number of hydrogen-bond acceptors (Lipinski definition) is 20. The van der Waals surface area contributed by atoms with Gasteiger partial charge >= 0.3 is 17.9 Å². The first-order valence-corrected chi connectivity index (χ1v) is 26.8. The Morgan fingerprint density at radius 3 is 1.06 bits per heavy atom. The molecule has 0 aliphatic rings. The average molecular weight is 1140 g/mol.